The van der Waals surface area contributed by atoms with Crippen molar-refractivity contribution < 1.29 is 19.4 Å². The molecule has 0 atom stereocenters. The first-order valence-corrected chi connectivity index (χ1v) is 7.63. The Labute approximate surface area is 134 Å². The lowest BCUT2D eigenvalue weighted by atomic mass is 10.1. The monoisotopic (exact) mass is 329 g/mol. The lowest BCUT2D eigenvalue weighted by Gasteiger charge is -2.18. The summed E-state index contributed by atoms with van der Waals surface area (Å²) in [5.41, 5.74) is 2.78. The predicted octanol–water partition coefficient (Wildman–Crippen LogP) is 2.40. The minimum Gasteiger partial charge on any atom is -0.482 e. The maximum Gasteiger partial charge on any atom is 0.347 e. The number of benzene rings is 1. The molecule has 23 heavy (non-hydrogen) atoms. The van der Waals surface area contributed by atoms with Gasteiger partial charge in [0.1, 0.15) is 10.6 Å². The molecule has 0 radical (unpaired) electrons. The minimum atomic E-state index is -0.951. The summed E-state index contributed by atoms with van der Waals surface area (Å²) in [6, 6.07) is 5.44. The fraction of sp³-hybridized carbons (Fsp3) is 0.133. The number of carbonyl (C=O) groups excluding carboxylic acids is 1. The zero-order valence-electron chi connectivity index (χ0n) is 12.0. The van der Waals surface area contributed by atoms with Gasteiger partial charge in [-0.1, -0.05) is 11.3 Å². The van der Waals surface area contributed by atoms with Crippen LogP contribution in [-0.2, 0) is 4.79 Å². The third-order valence-corrected chi connectivity index (χ3v) is 4.80. The number of aromatic carboxylic acids is 1. The number of ether oxygens (including phenoxy) is 1. The summed E-state index contributed by atoms with van der Waals surface area (Å²) in [5.74, 6) is -0.519. The summed E-state index contributed by atoms with van der Waals surface area (Å²) in [5, 5.41) is 11.9. The summed E-state index contributed by atoms with van der Waals surface area (Å²) in [6.07, 6.45) is 1.79. The molecule has 1 aromatic carbocycles. The van der Waals surface area contributed by atoms with Gasteiger partial charge >= 0.3 is 5.97 Å². The van der Waals surface area contributed by atoms with Crippen molar-refractivity contribution in [2.75, 3.05) is 11.9 Å². The third kappa shape index (κ3) is 2.15. The van der Waals surface area contributed by atoms with Crippen molar-refractivity contribution in [1.29, 1.82) is 0 Å². The Hall–Kier alpha value is -2.87. The first-order valence-electron chi connectivity index (χ1n) is 6.82. The average Bonchev–Trinajstić information content (AvgIpc) is 3.06. The molecule has 0 fully saturated rings. The molecule has 4 rings (SSSR count). The van der Waals surface area contributed by atoms with Crippen molar-refractivity contribution in [3.8, 4) is 17.0 Å². The number of hydrogen-bond donors (Lipinski definition) is 2. The van der Waals surface area contributed by atoms with Crippen LogP contribution in [0.3, 0.4) is 0 Å². The standard InChI is InChI=1S/C15H11N3O4S/c1-7-13(14(20)21)23-15-17-10(5-18(7)15)8-2-3-11-9(4-8)16-12(19)6-22-11/h2-5H,6H2,1H3,(H,16,19)(H,20,21). The van der Waals surface area contributed by atoms with Gasteiger partial charge in [0.2, 0.25) is 0 Å². The van der Waals surface area contributed by atoms with Crippen LogP contribution in [0.1, 0.15) is 15.4 Å². The van der Waals surface area contributed by atoms with E-state index in [4.69, 9.17) is 9.84 Å². The van der Waals surface area contributed by atoms with Crippen molar-refractivity contribution in [2.24, 2.45) is 0 Å². The number of imidazole rings is 1. The minimum absolute atomic E-state index is 0.0176. The average molecular weight is 329 g/mol. The number of fused-ring (bicyclic) bond motifs is 2. The first-order chi connectivity index (χ1) is 11.0. The number of amides is 1. The maximum absolute atomic E-state index is 11.4. The lowest BCUT2D eigenvalue weighted by Crippen LogP contribution is -2.25. The van der Waals surface area contributed by atoms with E-state index in [-0.39, 0.29) is 17.4 Å². The van der Waals surface area contributed by atoms with Crippen LogP contribution in [0, 0.1) is 6.92 Å². The molecule has 7 nitrogen and oxygen atoms in total. The fourth-order valence-corrected chi connectivity index (χ4v) is 3.48. The van der Waals surface area contributed by atoms with E-state index < -0.39 is 5.97 Å². The Balaban J connectivity index is 1.79. The maximum atomic E-state index is 11.4. The number of aromatic nitrogens is 2. The van der Waals surface area contributed by atoms with Gasteiger partial charge < -0.3 is 15.2 Å². The Morgan fingerprint density at radius 2 is 2.30 bits per heavy atom. The predicted molar refractivity (Wildman–Crippen MR) is 84.3 cm³/mol. The highest BCUT2D eigenvalue weighted by atomic mass is 32.1. The number of anilines is 1. The Morgan fingerprint density at radius 3 is 3.04 bits per heavy atom. The molecule has 0 unspecified atom stereocenters. The van der Waals surface area contributed by atoms with Crippen molar-refractivity contribution >= 4 is 33.9 Å². The van der Waals surface area contributed by atoms with Crippen LogP contribution in [0.5, 0.6) is 5.75 Å². The van der Waals surface area contributed by atoms with Gasteiger partial charge in [0.25, 0.3) is 5.91 Å². The fourth-order valence-electron chi connectivity index (χ4n) is 2.53. The van der Waals surface area contributed by atoms with Gasteiger partial charge in [-0.05, 0) is 25.1 Å². The highest BCUT2D eigenvalue weighted by Gasteiger charge is 2.19. The van der Waals surface area contributed by atoms with Crippen LogP contribution in [0.2, 0.25) is 0 Å². The molecular weight excluding hydrogens is 318 g/mol. The summed E-state index contributed by atoms with van der Waals surface area (Å²) in [6.45, 7) is 1.77. The molecule has 2 aromatic heterocycles. The van der Waals surface area contributed by atoms with Crippen molar-refractivity contribution in [1.82, 2.24) is 9.38 Å². The largest absolute Gasteiger partial charge is 0.482 e. The Bertz CT molecular complexity index is 973. The van der Waals surface area contributed by atoms with E-state index >= 15 is 0 Å². The lowest BCUT2D eigenvalue weighted by molar-refractivity contribution is -0.118. The van der Waals surface area contributed by atoms with Gasteiger partial charge in [-0.15, -0.1) is 0 Å². The van der Waals surface area contributed by atoms with E-state index in [0.29, 0.717) is 27.8 Å². The first kappa shape index (κ1) is 13.8. The number of carbonyl (C=O) groups is 2. The van der Waals surface area contributed by atoms with Crippen molar-refractivity contribution in [2.45, 2.75) is 6.92 Å². The second kappa shape index (κ2) is 4.82. The van der Waals surface area contributed by atoms with Gasteiger partial charge in [0, 0.05) is 17.5 Å². The van der Waals surface area contributed by atoms with Gasteiger partial charge in [-0.25, -0.2) is 9.78 Å². The number of thiazole rings is 1. The van der Waals surface area contributed by atoms with E-state index in [9.17, 15) is 9.59 Å². The van der Waals surface area contributed by atoms with Gasteiger partial charge in [-0.3, -0.25) is 9.20 Å². The summed E-state index contributed by atoms with van der Waals surface area (Å²) < 4.78 is 7.09. The molecule has 1 amide bonds. The highest BCUT2D eigenvalue weighted by Crippen LogP contribution is 2.33. The number of nitrogens with zero attached hydrogens (tertiary/aromatic N) is 2. The quantitative estimate of drug-likeness (QED) is 0.753. The van der Waals surface area contributed by atoms with E-state index in [1.807, 2.05) is 6.07 Å². The third-order valence-electron chi connectivity index (χ3n) is 3.66. The molecule has 0 saturated heterocycles. The summed E-state index contributed by atoms with van der Waals surface area (Å²) in [7, 11) is 0. The topological polar surface area (TPSA) is 92.9 Å². The Kier molecular flexibility index (Phi) is 2.88. The van der Waals surface area contributed by atoms with Crippen LogP contribution in [0.25, 0.3) is 16.2 Å². The number of aryl methyl sites for hydroxylation is 1. The van der Waals surface area contributed by atoms with Crippen LogP contribution in [0.4, 0.5) is 5.69 Å². The van der Waals surface area contributed by atoms with Gasteiger partial charge in [0.05, 0.1) is 11.4 Å². The zero-order chi connectivity index (χ0) is 16.1. The van der Waals surface area contributed by atoms with E-state index in [1.54, 1.807) is 29.7 Å². The molecule has 1 aliphatic rings. The molecule has 0 saturated carbocycles. The Morgan fingerprint density at radius 1 is 1.48 bits per heavy atom. The molecule has 8 heteroatoms. The molecule has 0 bridgehead atoms. The van der Waals surface area contributed by atoms with Crippen LogP contribution in [-0.4, -0.2) is 33.0 Å². The van der Waals surface area contributed by atoms with Gasteiger partial charge in [0.15, 0.2) is 11.6 Å². The van der Waals surface area contributed by atoms with E-state index in [2.05, 4.69) is 10.3 Å². The van der Waals surface area contributed by atoms with E-state index in [0.717, 1.165) is 16.9 Å². The number of nitrogens with one attached hydrogen (secondary N) is 1. The summed E-state index contributed by atoms with van der Waals surface area (Å²) in [4.78, 5) is 27.9. The number of carboxylic acid groups (broad SMARTS) is 1. The molecule has 0 aliphatic carbocycles. The number of carboxylic acids is 1. The number of hydrogen-bond acceptors (Lipinski definition) is 5. The molecule has 0 spiro atoms. The van der Waals surface area contributed by atoms with E-state index in [1.165, 1.54) is 0 Å². The molecular formula is C15H11N3O4S. The molecule has 3 heterocycles. The SMILES string of the molecule is Cc1c(C(=O)O)sc2nc(-c3ccc4c(c3)NC(=O)CO4)cn12. The smallest absolute Gasteiger partial charge is 0.347 e. The van der Waals surface area contributed by atoms with Crippen LogP contribution < -0.4 is 10.1 Å². The molecule has 3 aromatic rings. The second-order valence-electron chi connectivity index (χ2n) is 5.15. The number of rotatable bonds is 2. The second-order valence-corrected chi connectivity index (χ2v) is 6.13. The molecule has 2 N–H and O–H groups in total. The molecule has 116 valence electrons. The van der Waals surface area contributed by atoms with Crippen LogP contribution in [0.15, 0.2) is 24.4 Å². The van der Waals surface area contributed by atoms with Gasteiger partial charge in [-0.2, -0.15) is 0 Å². The molecule has 1 aliphatic heterocycles. The van der Waals surface area contributed by atoms with Crippen LogP contribution >= 0.6 is 11.3 Å². The normalized spacial score (nSPS) is 13.5. The zero-order valence-corrected chi connectivity index (χ0v) is 12.8. The summed E-state index contributed by atoms with van der Waals surface area (Å²) >= 11 is 1.13. The van der Waals surface area contributed by atoms with Crippen molar-refractivity contribution in [3.63, 3.8) is 0 Å². The highest BCUT2D eigenvalue weighted by molar-refractivity contribution is 7.19. The van der Waals surface area contributed by atoms with Crippen molar-refractivity contribution in [3.05, 3.63) is 35.0 Å².